The van der Waals surface area contributed by atoms with Crippen LogP contribution < -0.4 is 5.32 Å². The summed E-state index contributed by atoms with van der Waals surface area (Å²) in [5, 5.41) is 3.63. The molecule has 0 spiro atoms. The summed E-state index contributed by atoms with van der Waals surface area (Å²) in [4.78, 5) is 2.61. The summed E-state index contributed by atoms with van der Waals surface area (Å²) in [6.07, 6.45) is 5.27. The predicted octanol–water partition coefficient (Wildman–Crippen LogP) is 1.49. The Kier molecular flexibility index (Phi) is 5.07. The van der Waals surface area contributed by atoms with Crippen molar-refractivity contribution in [2.24, 2.45) is 5.92 Å². The maximum Gasteiger partial charge on any atom is 0.0469 e. The van der Waals surface area contributed by atoms with E-state index in [9.17, 15) is 0 Å². The Morgan fingerprint density at radius 3 is 2.62 bits per heavy atom. The second-order valence-electron chi connectivity index (χ2n) is 5.31. The monoisotopic (exact) mass is 226 g/mol. The van der Waals surface area contributed by atoms with E-state index in [0.29, 0.717) is 6.04 Å². The Hall–Kier alpha value is -0.120. The van der Waals surface area contributed by atoms with E-state index in [2.05, 4.69) is 17.1 Å². The van der Waals surface area contributed by atoms with Crippen molar-refractivity contribution in [3.05, 3.63) is 0 Å². The minimum Gasteiger partial charge on any atom is -0.381 e. The van der Waals surface area contributed by atoms with Crippen molar-refractivity contribution in [3.63, 3.8) is 0 Å². The summed E-state index contributed by atoms with van der Waals surface area (Å²) in [6.45, 7) is 9.23. The number of nitrogens with one attached hydrogen (secondary N) is 1. The zero-order chi connectivity index (χ0) is 11.2. The Labute approximate surface area is 99.5 Å². The summed E-state index contributed by atoms with van der Waals surface area (Å²) >= 11 is 0. The molecule has 0 aromatic rings. The third-order valence-electron chi connectivity index (χ3n) is 3.98. The topological polar surface area (TPSA) is 24.5 Å². The molecule has 0 radical (unpaired) electrons. The van der Waals surface area contributed by atoms with Crippen LogP contribution in [0.1, 0.15) is 32.6 Å². The van der Waals surface area contributed by atoms with Crippen LogP contribution in [-0.2, 0) is 4.74 Å². The lowest BCUT2D eigenvalue weighted by Gasteiger charge is -2.26. The van der Waals surface area contributed by atoms with Gasteiger partial charge in [0.15, 0.2) is 0 Å². The minimum absolute atomic E-state index is 0.711. The van der Waals surface area contributed by atoms with Crippen LogP contribution in [0.3, 0.4) is 0 Å². The zero-order valence-electron chi connectivity index (χ0n) is 10.6. The lowest BCUT2D eigenvalue weighted by molar-refractivity contribution is 0.0658. The van der Waals surface area contributed by atoms with Crippen molar-refractivity contribution in [2.75, 3.05) is 39.4 Å². The van der Waals surface area contributed by atoms with E-state index in [1.165, 1.54) is 45.3 Å². The van der Waals surface area contributed by atoms with Gasteiger partial charge in [0.2, 0.25) is 0 Å². The normalized spacial score (nSPS) is 26.1. The second-order valence-corrected chi connectivity index (χ2v) is 5.31. The lowest BCUT2D eigenvalue weighted by Crippen LogP contribution is -2.40. The first kappa shape index (κ1) is 12.3. The summed E-state index contributed by atoms with van der Waals surface area (Å²) < 4.78 is 5.37. The van der Waals surface area contributed by atoms with Gasteiger partial charge in [0, 0.05) is 25.8 Å². The largest absolute Gasteiger partial charge is 0.381 e. The molecule has 0 saturated carbocycles. The SMILES string of the molecule is CC(CNCC1CCOCC1)N1CCCC1. The molecule has 2 aliphatic rings. The van der Waals surface area contributed by atoms with Crippen molar-refractivity contribution in [1.29, 1.82) is 0 Å². The number of rotatable bonds is 5. The first-order chi connectivity index (χ1) is 7.86. The molecule has 0 aromatic carbocycles. The van der Waals surface area contributed by atoms with Crippen LogP contribution in [0.2, 0.25) is 0 Å². The molecule has 2 rings (SSSR count). The van der Waals surface area contributed by atoms with Gasteiger partial charge in [0.05, 0.1) is 0 Å². The third-order valence-corrected chi connectivity index (χ3v) is 3.98. The molecule has 2 aliphatic heterocycles. The van der Waals surface area contributed by atoms with Crippen LogP contribution in [0.25, 0.3) is 0 Å². The van der Waals surface area contributed by atoms with Gasteiger partial charge in [0.1, 0.15) is 0 Å². The average Bonchev–Trinajstić information content (AvgIpc) is 2.84. The summed E-state index contributed by atoms with van der Waals surface area (Å²) in [5.41, 5.74) is 0. The lowest BCUT2D eigenvalue weighted by atomic mass is 10.0. The molecule has 0 bridgehead atoms. The van der Waals surface area contributed by atoms with Gasteiger partial charge < -0.3 is 10.1 Å². The van der Waals surface area contributed by atoms with Gasteiger partial charge >= 0.3 is 0 Å². The molecule has 0 aromatic heterocycles. The molecule has 3 heteroatoms. The van der Waals surface area contributed by atoms with Crippen molar-refractivity contribution in [3.8, 4) is 0 Å². The van der Waals surface area contributed by atoms with Gasteiger partial charge in [-0.1, -0.05) is 0 Å². The van der Waals surface area contributed by atoms with Crippen LogP contribution in [0.4, 0.5) is 0 Å². The van der Waals surface area contributed by atoms with Crippen molar-refractivity contribution in [2.45, 2.75) is 38.6 Å². The first-order valence-corrected chi connectivity index (χ1v) is 6.89. The van der Waals surface area contributed by atoms with E-state index in [4.69, 9.17) is 4.74 Å². The van der Waals surface area contributed by atoms with Gasteiger partial charge in [-0.25, -0.2) is 0 Å². The molecule has 3 nitrogen and oxygen atoms in total. The van der Waals surface area contributed by atoms with Crippen LogP contribution >= 0.6 is 0 Å². The van der Waals surface area contributed by atoms with E-state index < -0.39 is 0 Å². The van der Waals surface area contributed by atoms with Crippen LogP contribution in [-0.4, -0.2) is 50.3 Å². The van der Waals surface area contributed by atoms with Gasteiger partial charge in [-0.2, -0.15) is 0 Å². The number of nitrogens with zero attached hydrogens (tertiary/aromatic N) is 1. The Balaban J connectivity index is 1.56. The van der Waals surface area contributed by atoms with Crippen LogP contribution in [0.15, 0.2) is 0 Å². The molecular formula is C13H26N2O. The molecule has 2 saturated heterocycles. The molecule has 2 heterocycles. The van der Waals surface area contributed by atoms with Crippen molar-refractivity contribution >= 4 is 0 Å². The van der Waals surface area contributed by atoms with Gasteiger partial charge in [-0.3, -0.25) is 4.90 Å². The van der Waals surface area contributed by atoms with Gasteiger partial charge in [-0.05, 0) is 58.2 Å². The quantitative estimate of drug-likeness (QED) is 0.768. The molecule has 1 atom stereocenters. The maximum absolute atomic E-state index is 5.37. The predicted molar refractivity (Wildman–Crippen MR) is 66.7 cm³/mol. The fraction of sp³-hybridized carbons (Fsp3) is 1.00. The average molecular weight is 226 g/mol. The van der Waals surface area contributed by atoms with E-state index in [0.717, 1.165) is 25.7 Å². The van der Waals surface area contributed by atoms with E-state index >= 15 is 0 Å². The van der Waals surface area contributed by atoms with Crippen molar-refractivity contribution in [1.82, 2.24) is 10.2 Å². The highest BCUT2D eigenvalue weighted by Crippen LogP contribution is 2.14. The molecule has 16 heavy (non-hydrogen) atoms. The smallest absolute Gasteiger partial charge is 0.0469 e. The Bertz CT molecular complexity index is 186. The highest BCUT2D eigenvalue weighted by atomic mass is 16.5. The minimum atomic E-state index is 0.711. The standard InChI is InChI=1S/C13H26N2O/c1-12(15-6-2-3-7-15)10-14-11-13-4-8-16-9-5-13/h12-14H,2-11H2,1H3. The second kappa shape index (κ2) is 6.58. The molecule has 0 aliphatic carbocycles. The Morgan fingerprint density at radius 1 is 1.25 bits per heavy atom. The third kappa shape index (κ3) is 3.72. The summed E-state index contributed by atoms with van der Waals surface area (Å²) in [6, 6.07) is 0.711. The number of hydrogen-bond acceptors (Lipinski definition) is 3. The molecule has 2 fully saturated rings. The fourth-order valence-electron chi connectivity index (χ4n) is 2.76. The molecule has 94 valence electrons. The number of likely N-dealkylation sites (tertiary alicyclic amines) is 1. The number of ether oxygens (including phenoxy) is 1. The van der Waals surface area contributed by atoms with Crippen molar-refractivity contribution < 1.29 is 4.74 Å². The molecule has 1 unspecified atom stereocenters. The van der Waals surface area contributed by atoms with E-state index in [-0.39, 0.29) is 0 Å². The zero-order valence-corrected chi connectivity index (χ0v) is 10.6. The van der Waals surface area contributed by atoms with Crippen LogP contribution in [0.5, 0.6) is 0 Å². The highest BCUT2D eigenvalue weighted by molar-refractivity contribution is 4.75. The number of hydrogen-bond donors (Lipinski definition) is 1. The molecular weight excluding hydrogens is 200 g/mol. The van der Waals surface area contributed by atoms with Gasteiger partial charge in [-0.15, -0.1) is 0 Å². The summed E-state index contributed by atoms with van der Waals surface area (Å²) in [7, 11) is 0. The molecule has 0 amide bonds. The van der Waals surface area contributed by atoms with Crippen LogP contribution in [0, 0.1) is 5.92 Å². The first-order valence-electron chi connectivity index (χ1n) is 6.89. The summed E-state index contributed by atoms with van der Waals surface area (Å²) in [5.74, 6) is 0.847. The van der Waals surface area contributed by atoms with Gasteiger partial charge in [0.25, 0.3) is 0 Å². The maximum atomic E-state index is 5.37. The van der Waals surface area contributed by atoms with E-state index in [1.807, 2.05) is 0 Å². The van der Waals surface area contributed by atoms with E-state index in [1.54, 1.807) is 0 Å². The molecule has 1 N–H and O–H groups in total. The fourth-order valence-corrected chi connectivity index (χ4v) is 2.76. The Morgan fingerprint density at radius 2 is 1.94 bits per heavy atom. The highest BCUT2D eigenvalue weighted by Gasteiger charge is 2.18.